The number of rotatable bonds is 1. The summed E-state index contributed by atoms with van der Waals surface area (Å²) < 4.78 is 23.6. The molecule has 1 rings (SSSR count). The van der Waals surface area contributed by atoms with Gasteiger partial charge in [-0.05, 0) is 28.1 Å². The van der Waals surface area contributed by atoms with Crippen LogP contribution in [0, 0.1) is 11.3 Å². The Morgan fingerprint density at radius 1 is 1.77 bits per heavy atom. The van der Waals surface area contributed by atoms with E-state index in [1.54, 1.807) is 0 Å². The van der Waals surface area contributed by atoms with Crippen molar-refractivity contribution in [3.8, 4) is 0 Å². The molecule has 0 aromatic carbocycles. The first-order valence-electron chi connectivity index (χ1n) is 3.22. The first kappa shape index (κ1) is 12.6. The van der Waals surface area contributed by atoms with Crippen LogP contribution in [0.4, 0.5) is 8.78 Å². The molecule has 13 heavy (non-hydrogen) atoms. The molecule has 3 N–H and O–H groups in total. The van der Waals surface area contributed by atoms with Gasteiger partial charge in [0.25, 0.3) is 0 Å². The Kier molecular flexibility index (Phi) is 4.06. The molecule has 0 aliphatic heterocycles. The fraction of sp³-hybridized carbons (Fsp3) is 0.286. The molecule has 2 nitrogen and oxygen atoms in total. The van der Waals surface area contributed by atoms with E-state index in [0.717, 1.165) is 12.2 Å². The van der Waals surface area contributed by atoms with Crippen LogP contribution < -0.4 is 18.1 Å². The van der Waals surface area contributed by atoms with Gasteiger partial charge in [0.2, 0.25) is 4.58 Å². The van der Waals surface area contributed by atoms with E-state index in [9.17, 15) is 8.78 Å². The predicted molar refractivity (Wildman–Crippen MR) is 47.6 cm³/mol. The molecule has 2 unspecified atom stereocenters. The summed E-state index contributed by atoms with van der Waals surface area (Å²) in [6, 6.07) is 0. The molecular weight excluding hydrogens is 265 g/mol. The van der Waals surface area contributed by atoms with Gasteiger partial charge in [-0.3, -0.25) is 5.41 Å². The van der Waals surface area contributed by atoms with Crippen LogP contribution in [-0.2, 0) is 0 Å². The fourth-order valence-corrected chi connectivity index (χ4v) is 1.11. The molecule has 0 fully saturated rings. The maximum atomic E-state index is 13.0. The van der Waals surface area contributed by atoms with Crippen molar-refractivity contribution in [2.24, 2.45) is 11.7 Å². The zero-order chi connectivity index (χ0) is 9.35. The highest BCUT2D eigenvalue weighted by Crippen LogP contribution is 2.36. The van der Waals surface area contributed by atoms with Gasteiger partial charge in [0.05, 0.1) is 5.92 Å². The maximum Gasteiger partial charge on any atom is 1.00 e. The second-order valence-electron chi connectivity index (χ2n) is 2.48. The number of allylic oxidation sites excluding steroid dienone is 2. The molecule has 0 bridgehead atoms. The summed E-state index contributed by atoms with van der Waals surface area (Å²) in [6.45, 7) is 0. The van der Waals surface area contributed by atoms with E-state index in [1.807, 2.05) is 0 Å². The van der Waals surface area contributed by atoms with Crippen LogP contribution >= 0.6 is 15.9 Å². The Bertz CT molecular complexity index is 281. The van der Waals surface area contributed by atoms with Crippen molar-refractivity contribution in [1.82, 2.24) is 0 Å². The van der Waals surface area contributed by atoms with Gasteiger partial charge in [-0.15, -0.1) is 0 Å². The molecule has 0 spiro atoms. The Hall–Kier alpha value is -0.420. The average Bonchev–Trinajstić information content (AvgIpc) is 1.94. The van der Waals surface area contributed by atoms with Crippen LogP contribution in [0.5, 0.6) is 0 Å². The predicted octanol–water partition coefficient (Wildman–Crippen LogP) is -0.861. The third-order valence-electron chi connectivity index (χ3n) is 1.52. The molecule has 1 aliphatic rings. The molecule has 2 atom stereocenters. The summed E-state index contributed by atoms with van der Waals surface area (Å²) in [6.07, 6.45) is 3.30. The van der Waals surface area contributed by atoms with E-state index in [0.29, 0.717) is 0 Å². The van der Waals surface area contributed by atoms with Gasteiger partial charge in [-0.1, -0.05) is 6.08 Å². The summed E-state index contributed by atoms with van der Waals surface area (Å²) in [4.78, 5) is 0. The van der Waals surface area contributed by atoms with Gasteiger partial charge in [0, 0.05) is 0 Å². The molecule has 6 heteroatoms. The zero-order valence-electron chi connectivity index (χ0n) is 7.40. The highest BCUT2D eigenvalue weighted by molar-refractivity contribution is 9.10. The maximum absolute atomic E-state index is 13.0. The monoisotopic (exact) mass is 272 g/mol. The Morgan fingerprint density at radius 3 is 2.69 bits per heavy atom. The topological polar surface area (TPSA) is 49.9 Å². The number of amidine groups is 1. The van der Waals surface area contributed by atoms with Crippen LogP contribution in [0.15, 0.2) is 24.1 Å². The second kappa shape index (κ2) is 4.19. The average molecular weight is 274 g/mol. The van der Waals surface area contributed by atoms with E-state index >= 15 is 0 Å². The van der Waals surface area contributed by atoms with Gasteiger partial charge in [-0.2, -0.15) is 0 Å². The Labute approximate surface area is 90.4 Å². The number of halogens is 4. The van der Waals surface area contributed by atoms with E-state index in [2.05, 4.69) is 15.9 Å². The lowest BCUT2D eigenvalue weighted by molar-refractivity contribution is -0.00000386. The van der Waals surface area contributed by atoms with Crippen molar-refractivity contribution in [2.75, 3.05) is 0 Å². The minimum Gasteiger partial charge on any atom is -1.00 e. The van der Waals surface area contributed by atoms with Gasteiger partial charge in [0.1, 0.15) is 11.7 Å². The second-order valence-corrected chi connectivity index (χ2v) is 3.63. The fourth-order valence-electron chi connectivity index (χ4n) is 0.822. The van der Waals surface area contributed by atoms with Crippen LogP contribution in [0.1, 0.15) is 1.43 Å². The van der Waals surface area contributed by atoms with Crippen molar-refractivity contribution >= 4 is 21.8 Å². The molecule has 0 heterocycles. The largest absolute Gasteiger partial charge is 1.00 e. The molecule has 0 amide bonds. The van der Waals surface area contributed by atoms with Crippen molar-refractivity contribution in [1.29, 1.82) is 5.41 Å². The van der Waals surface area contributed by atoms with E-state index < -0.39 is 16.3 Å². The number of nitrogens with one attached hydrogen (secondary N) is 1. The molecule has 0 radical (unpaired) electrons. The smallest absolute Gasteiger partial charge is 1.00 e. The van der Waals surface area contributed by atoms with Crippen LogP contribution in [0.3, 0.4) is 0 Å². The molecule has 0 saturated carbocycles. The summed E-state index contributed by atoms with van der Waals surface area (Å²) in [5.41, 5.74) is 5.10. The number of hydrogen-bond donors (Lipinski definition) is 2. The van der Waals surface area contributed by atoms with Crippen molar-refractivity contribution in [2.45, 2.75) is 4.58 Å². The van der Waals surface area contributed by atoms with Crippen molar-refractivity contribution in [3.05, 3.63) is 24.1 Å². The lowest BCUT2D eigenvalue weighted by Gasteiger charge is -2.18. The summed E-state index contributed by atoms with van der Waals surface area (Å²) in [5.74, 6) is -1.80. The van der Waals surface area contributed by atoms with Gasteiger partial charge >= 0.3 is 1.43 Å². The van der Waals surface area contributed by atoms with Crippen molar-refractivity contribution < 1.29 is 22.6 Å². The minimum absolute atomic E-state index is 0. The van der Waals surface area contributed by atoms with E-state index in [4.69, 9.17) is 11.1 Å². The molecule has 0 saturated heterocycles. The number of hydrogen-bond acceptors (Lipinski definition) is 1. The highest BCUT2D eigenvalue weighted by atomic mass is 79.9. The van der Waals surface area contributed by atoms with Gasteiger partial charge in [0.15, 0.2) is 0 Å². The summed E-state index contributed by atoms with van der Waals surface area (Å²) in [7, 11) is 0. The first-order valence-corrected chi connectivity index (χ1v) is 4.01. The normalized spacial score (nSPS) is 31.9. The third kappa shape index (κ3) is 2.77. The lowest BCUT2D eigenvalue weighted by Crippen LogP contribution is -3.00. The minimum atomic E-state index is -2.22. The number of nitrogens with two attached hydrogens (primary N) is 1. The summed E-state index contributed by atoms with van der Waals surface area (Å²) >= 11 is 2.53. The lowest BCUT2D eigenvalue weighted by atomic mass is 10.0. The van der Waals surface area contributed by atoms with Crippen LogP contribution in [0.2, 0.25) is 0 Å². The zero-order valence-corrected chi connectivity index (χ0v) is 8.74. The number of alkyl halides is 2. The molecular formula is C7H8BrClF2N2. The Balaban J connectivity index is 0. The Morgan fingerprint density at radius 2 is 2.31 bits per heavy atom. The quantitative estimate of drug-likeness (QED) is 0.278. The summed E-state index contributed by atoms with van der Waals surface area (Å²) in [5, 5.41) is 6.99. The van der Waals surface area contributed by atoms with Crippen molar-refractivity contribution in [3.63, 3.8) is 0 Å². The van der Waals surface area contributed by atoms with Gasteiger partial charge in [-0.25, -0.2) is 8.78 Å². The highest BCUT2D eigenvalue weighted by Gasteiger charge is 2.32. The van der Waals surface area contributed by atoms with Gasteiger partial charge < -0.3 is 18.1 Å². The molecule has 0 aromatic rings. The van der Waals surface area contributed by atoms with Crippen LogP contribution in [-0.4, -0.2) is 10.4 Å². The van der Waals surface area contributed by atoms with E-state index in [1.165, 1.54) is 6.08 Å². The molecule has 1 aliphatic carbocycles. The first-order chi connectivity index (χ1) is 5.43. The van der Waals surface area contributed by atoms with E-state index in [-0.39, 0.29) is 19.7 Å². The third-order valence-corrected chi connectivity index (χ3v) is 2.16. The standard InChI is InChI=1S/C7H7BrF2N2.ClH/c8-7(10)2-1-4(6(11)12)3-5(7)9;/h1-4H,(H3,11,12);1H. The molecule has 0 aromatic heterocycles. The molecule has 74 valence electrons. The SMILES string of the molecule is N=C(N)C1C=CC(F)(Br)C(F)=C1.[Cl-].[H+]. The van der Waals surface area contributed by atoms with Crippen LogP contribution in [0.25, 0.3) is 0 Å².